The molecule has 34 heavy (non-hydrogen) atoms. The van der Waals surface area contributed by atoms with E-state index in [1.54, 1.807) is 6.07 Å². The van der Waals surface area contributed by atoms with Crippen LogP contribution in [0.5, 0.6) is 0 Å². The number of rotatable bonds is 7. The molecule has 0 unspecified atom stereocenters. The maximum atomic E-state index is 13.2. The van der Waals surface area contributed by atoms with Gasteiger partial charge in [-0.25, -0.2) is 4.98 Å². The molecular formula is C23H25N5O4S2. The van der Waals surface area contributed by atoms with Crippen molar-refractivity contribution in [2.75, 3.05) is 23.3 Å². The van der Waals surface area contributed by atoms with Crippen molar-refractivity contribution in [3.63, 3.8) is 0 Å². The zero-order valence-corrected chi connectivity index (χ0v) is 20.5. The summed E-state index contributed by atoms with van der Waals surface area (Å²) in [6.45, 7) is 5.75. The monoisotopic (exact) mass is 499 g/mol. The summed E-state index contributed by atoms with van der Waals surface area (Å²) in [6, 6.07) is 8.31. The van der Waals surface area contributed by atoms with Crippen molar-refractivity contribution in [1.29, 1.82) is 0 Å². The van der Waals surface area contributed by atoms with Gasteiger partial charge >= 0.3 is 0 Å². The predicted octanol–water partition coefficient (Wildman–Crippen LogP) is 4.90. The van der Waals surface area contributed by atoms with E-state index in [2.05, 4.69) is 27.4 Å². The van der Waals surface area contributed by atoms with Crippen LogP contribution in [0.4, 0.5) is 16.5 Å². The topological polar surface area (TPSA) is 117 Å². The SMILES string of the molecule is CC(=O)NCc1ccc(-c2csc(NC(=O)c3cc([N+](=O)[O-])ccc3N3CCC(C)CC3)n2)s1. The summed E-state index contributed by atoms with van der Waals surface area (Å²) >= 11 is 2.81. The van der Waals surface area contributed by atoms with Crippen molar-refractivity contribution >= 4 is 51.0 Å². The maximum Gasteiger partial charge on any atom is 0.270 e. The van der Waals surface area contributed by atoms with E-state index < -0.39 is 10.8 Å². The first kappa shape index (κ1) is 23.8. The molecular weight excluding hydrogens is 474 g/mol. The van der Waals surface area contributed by atoms with Crippen molar-refractivity contribution in [3.05, 3.63) is 56.3 Å². The van der Waals surface area contributed by atoms with Crippen LogP contribution < -0.4 is 15.5 Å². The van der Waals surface area contributed by atoms with Gasteiger partial charge in [0.05, 0.1) is 33.3 Å². The number of aromatic nitrogens is 1. The predicted molar refractivity (Wildman–Crippen MR) is 135 cm³/mol. The highest BCUT2D eigenvalue weighted by atomic mass is 32.1. The summed E-state index contributed by atoms with van der Waals surface area (Å²) in [5, 5.41) is 19.2. The van der Waals surface area contributed by atoms with Crippen LogP contribution in [-0.4, -0.2) is 34.8 Å². The molecule has 1 saturated heterocycles. The molecule has 9 nitrogen and oxygen atoms in total. The highest BCUT2D eigenvalue weighted by molar-refractivity contribution is 7.17. The Morgan fingerprint density at radius 3 is 2.71 bits per heavy atom. The number of carbonyl (C=O) groups is 2. The average Bonchev–Trinajstić information content (AvgIpc) is 3.47. The summed E-state index contributed by atoms with van der Waals surface area (Å²) in [4.78, 5) is 43.7. The standard InChI is InChI=1S/C23H25N5O4S2/c1-14-7-9-27(10-8-14)20-5-3-16(28(31)32)11-18(20)22(30)26-23-25-19(13-33-23)21-6-4-17(34-21)12-24-15(2)29/h3-6,11,13-14H,7-10,12H2,1-2H3,(H,24,29)(H,25,26,30). The van der Waals surface area contributed by atoms with Crippen LogP contribution >= 0.6 is 22.7 Å². The lowest BCUT2D eigenvalue weighted by Gasteiger charge is -2.33. The fraction of sp³-hybridized carbons (Fsp3) is 0.348. The molecule has 4 rings (SSSR count). The number of anilines is 2. The molecule has 1 aliphatic rings. The molecule has 11 heteroatoms. The van der Waals surface area contributed by atoms with Gasteiger partial charge in [-0.1, -0.05) is 6.92 Å². The molecule has 1 aliphatic heterocycles. The fourth-order valence-electron chi connectivity index (χ4n) is 3.78. The van der Waals surface area contributed by atoms with E-state index in [1.165, 1.54) is 41.7 Å². The molecule has 0 saturated carbocycles. The van der Waals surface area contributed by atoms with Crippen LogP contribution in [0.2, 0.25) is 0 Å². The van der Waals surface area contributed by atoms with Gasteiger partial charge in [-0.05, 0) is 37.0 Å². The lowest BCUT2D eigenvalue weighted by Crippen LogP contribution is -2.34. The number of amides is 2. The van der Waals surface area contributed by atoms with Crippen LogP contribution in [0.3, 0.4) is 0 Å². The summed E-state index contributed by atoms with van der Waals surface area (Å²) in [5.74, 6) is 0.111. The Kier molecular flexibility index (Phi) is 7.23. The minimum absolute atomic E-state index is 0.0896. The zero-order chi connectivity index (χ0) is 24.2. The van der Waals surface area contributed by atoms with Gasteiger partial charge in [-0.3, -0.25) is 25.0 Å². The number of nitrogens with zero attached hydrogens (tertiary/aromatic N) is 3. The van der Waals surface area contributed by atoms with E-state index in [9.17, 15) is 19.7 Å². The van der Waals surface area contributed by atoms with Gasteiger partial charge in [-0.2, -0.15) is 0 Å². The normalized spacial score (nSPS) is 14.1. The van der Waals surface area contributed by atoms with Crippen LogP contribution in [-0.2, 0) is 11.3 Å². The molecule has 3 aromatic rings. The molecule has 2 aromatic heterocycles. The molecule has 3 heterocycles. The third-order valence-electron chi connectivity index (χ3n) is 5.71. The van der Waals surface area contributed by atoms with Gasteiger partial charge in [0.25, 0.3) is 11.6 Å². The van der Waals surface area contributed by atoms with Crippen molar-refractivity contribution in [2.45, 2.75) is 33.2 Å². The van der Waals surface area contributed by atoms with E-state index in [1.807, 2.05) is 17.5 Å². The van der Waals surface area contributed by atoms with Crippen molar-refractivity contribution in [2.24, 2.45) is 5.92 Å². The highest BCUT2D eigenvalue weighted by Gasteiger charge is 2.24. The number of thiazole rings is 1. The molecule has 1 fully saturated rings. The Bertz CT molecular complexity index is 1210. The van der Waals surface area contributed by atoms with E-state index in [4.69, 9.17) is 0 Å². The summed E-state index contributed by atoms with van der Waals surface area (Å²) < 4.78 is 0. The van der Waals surface area contributed by atoms with Gasteiger partial charge in [0.2, 0.25) is 5.91 Å². The number of piperidine rings is 1. The van der Waals surface area contributed by atoms with Gasteiger partial charge < -0.3 is 10.2 Å². The first-order chi connectivity index (χ1) is 16.3. The maximum absolute atomic E-state index is 13.2. The number of non-ortho nitro benzene ring substituents is 1. The second-order valence-electron chi connectivity index (χ2n) is 8.30. The Morgan fingerprint density at radius 2 is 2.00 bits per heavy atom. The summed E-state index contributed by atoms with van der Waals surface area (Å²) in [7, 11) is 0. The van der Waals surface area contributed by atoms with Gasteiger partial charge in [-0.15, -0.1) is 22.7 Å². The molecule has 0 atom stereocenters. The molecule has 1 aromatic carbocycles. The quantitative estimate of drug-likeness (QED) is 0.353. The first-order valence-corrected chi connectivity index (χ1v) is 12.6. The van der Waals surface area contributed by atoms with Crippen LogP contribution in [0.1, 0.15) is 41.9 Å². The molecule has 0 aliphatic carbocycles. The average molecular weight is 500 g/mol. The number of hydrogen-bond donors (Lipinski definition) is 2. The molecule has 0 radical (unpaired) electrons. The Morgan fingerprint density at radius 1 is 1.24 bits per heavy atom. The van der Waals surface area contributed by atoms with E-state index in [0.29, 0.717) is 23.3 Å². The number of thiophene rings is 1. The van der Waals surface area contributed by atoms with Crippen molar-refractivity contribution < 1.29 is 14.5 Å². The molecule has 0 bridgehead atoms. The lowest BCUT2D eigenvalue weighted by molar-refractivity contribution is -0.384. The van der Waals surface area contributed by atoms with Crippen LogP contribution in [0, 0.1) is 16.0 Å². The van der Waals surface area contributed by atoms with Crippen LogP contribution in [0.25, 0.3) is 10.6 Å². The smallest absolute Gasteiger partial charge is 0.270 e. The Hall–Kier alpha value is -3.31. The number of carbonyl (C=O) groups excluding carboxylic acids is 2. The number of nitro groups is 1. The van der Waals surface area contributed by atoms with Crippen LogP contribution in [0.15, 0.2) is 35.7 Å². The fourth-order valence-corrected chi connectivity index (χ4v) is 5.46. The third-order valence-corrected chi connectivity index (χ3v) is 7.58. The minimum atomic E-state index is -0.490. The Labute approximate surface area is 205 Å². The number of hydrogen-bond acceptors (Lipinski definition) is 8. The molecule has 178 valence electrons. The summed E-state index contributed by atoms with van der Waals surface area (Å²) in [5.41, 5.74) is 1.58. The highest BCUT2D eigenvalue weighted by Crippen LogP contribution is 2.33. The number of nitrogens with one attached hydrogen (secondary N) is 2. The zero-order valence-electron chi connectivity index (χ0n) is 18.9. The van der Waals surface area contributed by atoms with Crippen molar-refractivity contribution in [1.82, 2.24) is 10.3 Å². The second kappa shape index (κ2) is 10.3. The first-order valence-electron chi connectivity index (χ1n) is 10.9. The van der Waals surface area contributed by atoms with Crippen molar-refractivity contribution in [3.8, 4) is 10.6 Å². The third kappa shape index (κ3) is 5.60. The molecule has 2 N–H and O–H groups in total. The largest absolute Gasteiger partial charge is 0.371 e. The summed E-state index contributed by atoms with van der Waals surface area (Å²) in [6.07, 6.45) is 2.03. The number of nitro benzene ring substituents is 1. The lowest BCUT2D eigenvalue weighted by atomic mass is 9.98. The molecule has 0 spiro atoms. The van der Waals surface area contributed by atoms with Gasteiger partial charge in [0.15, 0.2) is 5.13 Å². The second-order valence-corrected chi connectivity index (χ2v) is 10.3. The van der Waals surface area contributed by atoms with Gasteiger partial charge in [0, 0.05) is 42.4 Å². The van der Waals surface area contributed by atoms with E-state index >= 15 is 0 Å². The van der Waals surface area contributed by atoms with E-state index in [0.717, 1.165) is 41.4 Å². The minimum Gasteiger partial charge on any atom is -0.371 e. The van der Waals surface area contributed by atoms with E-state index in [-0.39, 0.29) is 17.2 Å². The Balaban J connectivity index is 1.52. The van der Waals surface area contributed by atoms with Gasteiger partial charge in [0.1, 0.15) is 0 Å². The number of benzene rings is 1. The molecule has 2 amide bonds.